The first kappa shape index (κ1) is 18.7. The average molecular weight is 334 g/mol. The second-order valence-electron chi connectivity index (χ2n) is 6.73. The minimum absolute atomic E-state index is 0.00444. The van der Waals surface area contributed by atoms with E-state index in [1.807, 2.05) is 19.1 Å². The number of likely N-dealkylation sites (tertiary alicyclic amines) is 1. The van der Waals surface area contributed by atoms with E-state index in [0.717, 1.165) is 31.2 Å². The largest absolute Gasteiger partial charge is 0.356 e. The minimum Gasteiger partial charge on any atom is -0.356 e. The molecule has 1 aromatic carbocycles. The summed E-state index contributed by atoms with van der Waals surface area (Å²) in [4.78, 5) is 6.81. The van der Waals surface area contributed by atoms with Gasteiger partial charge in [-0.15, -0.1) is 0 Å². The van der Waals surface area contributed by atoms with Gasteiger partial charge in [0.05, 0.1) is 6.04 Å². The van der Waals surface area contributed by atoms with Crippen LogP contribution in [0.25, 0.3) is 0 Å². The molecule has 1 aliphatic rings. The predicted molar refractivity (Wildman–Crippen MR) is 98.9 cm³/mol. The van der Waals surface area contributed by atoms with E-state index in [1.54, 1.807) is 20.0 Å². The molecule has 134 valence electrons. The average Bonchev–Trinajstić information content (AvgIpc) is 2.60. The third-order valence-electron chi connectivity index (χ3n) is 4.88. The van der Waals surface area contributed by atoms with E-state index in [2.05, 4.69) is 27.4 Å². The summed E-state index contributed by atoms with van der Waals surface area (Å²) in [6.07, 6.45) is 2.53. The molecule has 0 spiro atoms. The number of rotatable bonds is 5. The van der Waals surface area contributed by atoms with Gasteiger partial charge in [-0.3, -0.25) is 4.99 Å². The first-order valence-corrected chi connectivity index (χ1v) is 8.99. The number of aliphatic imine (C=N–C) groups is 1. The molecule has 0 amide bonds. The number of benzene rings is 1. The number of hydrogen-bond donors (Lipinski definition) is 2. The molecule has 4 nitrogen and oxygen atoms in total. The van der Waals surface area contributed by atoms with Crippen LogP contribution in [0.15, 0.2) is 23.2 Å². The van der Waals surface area contributed by atoms with E-state index in [9.17, 15) is 4.39 Å². The monoisotopic (exact) mass is 334 g/mol. The minimum atomic E-state index is -0.161. The summed E-state index contributed by atoms with van der Waals surface area (Å²) in [6, 6.07) is 5.38. The maximum atomic E-state index is 13.7. The quantitative estimate of drug-likeness (QED) is 0.642. The topological polar surface area (TPSA) is 39.7 Å². The van der Waals surface area contributed by atoms with Gasteiger partial charge in [0.15, 0.2) is 5.96 Å². The summed E-state index contributed by atoms with van der Waals surface area (Å²) >= 11 is 0. The molecule has 2 N–H and O–H groups in total. The first-order chi connectivity index (χ1) is 11.5. The number of guanidine groups is 1. The Labute approximate surface area is 145 Å². The molecule has 24 heavy (non-hydrogen) atoms. The second-order valence-corrected chi connectivity index (χ2v) is 6.73. The van der Waals surface area contributed by atoms with Gasteiger partial charge < -0.3 is 15.5 Å². The maximum Gasteiger partial charge on any atom is 0.191 e. The van der Waals surface area contributed by atoms with E-state index in [0.29, 0.717) is 11.5 Å². The number of halogens is 1. The van der Waals surface area contributed by atoms with Crippen molar-refractivity contribution in [2.75, 3.05) is 33.2 Å². The molecule has 1 heterocycles. The van der Waals surface area contributed by atoms with E-state index < -0.39 is 0 Å². The Bertz CT molecular complexity index is 558. The summed E-state index contributed by atoms with van der Waals surface area (Å²) in [5, 5.41) is 6.78. The van der Waals surface area contributed by atoms with Gasteiger partial charge in [-0.1, -0.05) is 19.1 Å². The third kappa shape index (κ3) is 5.20. The third-order valence-corrected chi connectivity index (χ3v) is 4.88. The van der Waals surface area contributed by atoms with Crippen molar-refractivity contribution in [1.29, 1.82) is 0 Å². The maximum absolute atomic E-state index is 13.7. The highest BCUT2D eigenvalue weighted by molar-refractivity contribution is 5.80. The molecule has 2 rings (SSSR count). The first-order valence-electron chi connectivity index (χ1n) is 8.99. The van der Waals surface area contributed by atoms with Gasteiger partial charge in [0, 0.05) is 20.1 Å². The highest BCUT2D eigenvalue weighted by atomic mass is 19.1. The zero-order chi connectivity index (χ0) is 17.5. The van der Waals surface area contributed by atoms with Gasteiger partial charge in [-0.05, 0) is 62.9 Å². The highest BCUT2D eigenvalue weighted by Gasteiger charge is 2.19. The lowest BCUT2D eigenvalue weighted by Gasteiger charge is -2.32. The summed E-state index contributed by atoms with van der Waals surface area (Å²) in [5.41, 5.74) is 1.60. The molecular weight excluding hydrogens is 303 g/mol. The van der Waals surface area contributed by atoms with Crippen LogP contribution in [-0.2, 0) is 0 Å². The molecular formula is C19H31FN4. The van der Waals surface area contributed by atoms with E-state index in [4.69, 9.17) is 0 Å². The van der Waals surface area contributed by atoms with Crippen molar-refractivity contribution in [2.45, 2.75) is 39.7 Å². The van der Waals surface area contributed by atoms with Crippen LogP contribution in [0.2, 0.25) is 0 Å². The van der Waals surface area contributed by atoms with Gasteiger partial charge in [-0.2, -0.15) is 0 Å². The number of aryl methyl sites for hydroxylation is 1. The number of hydrogen-bond acceptors (Lipinski definition) is 2. The van der Waals surface area contributed by atoms with Crippen LogP contribution < -0.4 is 10.6 Å². The zero-order valence-corrected chi connectivity index (χ0v) is 15.4. The standard InChI is InChI=1S/C19H31FN4/c1-5-24-10-6-7-16(13-24)12-22-19(21-4)23-15(3)17-9-8-14(2)18(20)11-17/h8-9,11,15-16H,5-7,10,12-13H2,1-4H3,(H2,21,22,23). The van der Waals surface area contributed by atoms with Crippen molar-refractivity contribution in [2.24, 2.45) is 10.9 Å². The lowest BCUT2D eigenvalue weighted by atomic mass is 9.98. The van der Waals surface area contributed by atoms with Gasteiger partial charge >= 0.3 is 0 Å². The molecule has 1 aromatic rings. The molecule has 0 bridgehead atoms. The van der Waals surface area contributed by atoms with Gasteiger partial charge in [-0.25, -0.2) is 4.39 Å². The van der Waals surface area contributed by atoms with Crippen molar-refractivity contribution in [3.8, 4) is 0 Å². The van der Waals surface area contributed by atoms with Crippen molar-refractivity contribution in [1.82, 2.24) is 15.5 Å². The number of nitrogens with zero attached hydrogens (tertiary/aromatic N) is 2. The van der Waals surface area contributed by atoms with Gasteiger partial charge in [0.1, 0.15) is 5.82 Å². The Morgan fingerprint density at radius 3 is 2.92 bits per heavy atom. The normalized spacial score (nSPS) is 20.7. The molecule has 2 atom stereocenters. The predicted octanol–water partition coefficient (Wildman–Crippen LogP) is 3.09. The van der Waals surface area contributed by atoms with Gasteiger partial charge in [0.2, 0.25) is 0 Å². The van der Waals surface area contributed by atoms with Crippen molar-refractivity contribution in [3.05, 3.63) is 35.1 Å². The summed E-state index contributed by atoms with van der Waals surface area (Å²) in [5.74, 6) is 1.27. The Kier molecular flexibility index (Phi) is 7.03. The Morgan fingerprint density at radius 2 is 2.25 bits per heavy atom. The van der Waals surface area contributed by atoms with Crippen LogP contribution in [0.3, 0.4) is 0 Å². The lowest BCUT2D eigenvalue weighted by molar-refractivity contribution is 0.183. The molecule has 0 aliphatic carbocycles. The molecule has 1 saturated heterocycles. The molecule has 1 fully saturated rings. The van der Waals surface area contributed by atoms with E-state index in [1.165, 1.54) is 19.4 Å². The fraction of sp³-hybridized carbons (Fsp3) is 0.632. The zero-order valence-electron chi connectivity index (χ0n) is 15.4. The highest BCUT2D eigenvalue weighted by Crippen LogP contribution is 2.17. The van der Waals surface area contributed by atoms with Crippen molar-refractivity contribution < 1.29 is 4.39 Å². The van der Waals surface area contributed by atoms with Crippen LogP contribution in [0.1, 0.15) is 43.9 Å². The van der Waals surface area contributed by atoms with Crippen molar-refractivity contribution >= 4 is 5.96 Å². The van der Waals surface area contributed by atoms with Crippen LogP contribution in [-0.4, -0.2) is 44.1 Å². The van der Waals surface area contributed by atoms with Crippen LogP contribution in [0, 0.1) is 18.7 Å². The van der Waals surface area contributed by atoms with Crippen molar-refractivity contribution in [3.63, 3.8) is 0 Å². The molecule has 0 aromatic heterocycles. The fourth-order valence-electron chi connectivity index (χ4n) is 3.21. The lowest BCUT2D eigenvalue weighted by Crippen LogP contribution is -2.44. The number of nitrogens with one attached hydrogen (secondary N) is 2. The molecule has 0 radical (unpaired) electrons. The summed E-state index contributed by atoms with van der Waals surface area (Å²) < 4.78 is 13.7. The smallest absolute Gasteiger partial charge is 0.191 e. The molecule has 0 saturated carbocycles. The molecule has 5 heteroatoms. The SMILES string of the molecule is CCN1CCCC(CNC(=NC)NC(C)c2ccc(C)c(F)c2)C1. The summed E-state index contributed by atoms with van der Waals surface area (Å²) in [6.45, 7) is 10.4. The Balaban J connectivity index is 1.86. The van der Waals surface area contributed by atoms with Crippen LogP contribution in [0.5, 0.6) is 0 Å². The van der Waals surface area contributed by atoms with E-state index >= 15 is 0 Å². The second kappa shape index (κ2) is 9.02. The Hall–Kier alpha value is -1.62. The van der Waals surface area contributed by atoms with Crippen LogP contribution in [0.4, 0.5) is 4.39 Å². The Morgan fingerprint density at radius 1 is 1.46 bits per heavy atom. The molecule has 2 unspecified atom stereocenters. The fourth-order valence-corrected chi connectivity index (χ4v) is 3.21. The van der Waals surface area contributed by atoms with Crippen LogP contribution >= 0.6 is 0 Å². The van der Waals surface area contributed by atoms with E-state index in [-0.39, 0.29) is 11.9 Å². The molecule has 1 aliphatic heterocycles. The summed E-state index contributed by atoms with van der Waals surface area (Å²) in [7, 11) is 1.77. The van der Waals surface area contributed by atoms with Gasteiger partial charge in [0.25, 0.3) is 0 Å². The number of piperidine rings is 1.